The fraction of sp³-hybridized carbons (Fsp3) is 0.538. The maximum atomic E-state index is 12.6. The molecule has 0 aliphatic carbocycles. The molecule has 0 amide bonds. The Morgan fingerprint density at radius 3 is 2.74 bits per heavy atom. The van der Waals surface area contributed by atoms with Crippen LogP contribution in [0.2, 0.25) is 0 Å². The SMILES string of the molecule is COc1ccc(S(=O)(=O)N2CCCC(C)C2)cc1I. The Labute approximate surface area is 128 Å². The quantitative estimate of drug-likeness (QED) is 0.740. The highest BCUT2D eigenvalue weighted by Gasteiger charge is 2.28. The van der Waals surface area contributed by atoms with Gasteiger partial charge in [0.15, 0.2) is 0 Å². The van der Waals surface area contributed by atoms with Crippen molar-refractivity contribution in [3.05, 3.63) is 21.8 Å². The molecule has 1 unspecified atom stereocenters. The number of halogens is 1. The number of sulfonamides is 1. The number of hydrogen-bond donors (Lipinski definition) is 0. The Hall–Kier alpha value is -0.340. The van der Waals surface area contributed by atoms with Crippen LogP contribution in [0.1, 0.15) is 19.8 Å². The summed E-state index contributed by atoms with van der Waals surface area (Å²) in [5.41, 5.74) is 0. The Bertz CT molecular complexity index is 559. The van der Waals surface area contributed by atoms with E-state index in [1.807, 2.05) is 0 Å². The largest absolute Gasteiger partial charge is 0.496 e. The average molecular weight is 395 g/mol. The predicted octanol–water partition coefficient (Wildman–Crippen LogP) is 2.72. The van der Waals surface area contributed by atoms with E-state index in [2.05, 4.69) is 29.5 Å². The molecule has 19 heavy (non-hydrogen) atoms. The lowest BCUT2D eigenvalue weighted by Gasteiger charge is -2.30. The summed E-state index contributed by atoms with van der Waals surface area (Å²) >= 11 is 2.09. The second-order valence-corrected chi connectivity index (χ2v) is 8.01. The predicted molar refractivity (Wildman–Crippen MR) is 82.9 cm³/mol. The molecule has 2 rings (SSSR count). The molecular formula is C13H18INO3S. The highest BCUT2D eigenvalue weighted by molar-refractivity contribution is 14.1. The van der Waals surface area contributed by atoms with Crippen molar-refractivity contribution in [3.8, 4) is 5.75 Å². The minimum Gasteiger partial charge on any atom is -0.496 e. The maximum absolute atomic E-state index is 12.6. The Morgan fingerprint density at radius 2 is 2.16 bits per heavy atom. The van der Waals surface area contributed by atoms with Crippen molar-refractivity contribution in [3.63, 3.8) is 0 Å². The van der Waals surface area contributed by atoms with Crippen LogP contribution in [-0.4, -0.2) is 32.9 Å². The van der Waals surface area contributed by atoms with Crippen LogP contribution in [0, 0.1) is 9.49 Å². The van der Waals surface area contributed by atoms with Crippen LogP contribution < -0.4 is 4.74 Å². The van der Waals surface area contributed by atoms with E-state index in [-0.39, 0.29) is 0 Å². The van der Waals surface area contributed by atoms with Crippen LogP contribution >= 0.6 is 22.6 Å². The van der Waals surface area contributed by atoms with Crippen LogP contribution in [-0.2, 0) is 10.0 Å². The zero-order chi connectivity index (χ0) is 14.0. The number of benzene rings is 1. The summed E-state index contributed by atoms with van der Waals surface area (Å²) in [6.45, 7) is 3.33. The molecule has 6 heteroatoms. The van der Waals surface area contributed by atoms with Crippen molar-refractivity contribution < 1.29 is 13.2 Å². The van der Waals surface area contributed by atoms with Gasteiger partial charge in [0.1, 0.15) is 5.75 Å². The molecule has 0 saturated carbocycles. The summed E-state index contributed by atoms with van der Waals surface area (Å²) in [5.74, 6) is 1.13. The van der Waals surface area contributed by atoms with Gasteiger partial charge in [-0.05, 0) is 59.5 Å². The molecule has 4 nitrogen and oxygen atoms in total. The average Bonchev–Trinajstić information content (AvgIpc) is 2.38. The summed E-state index contributed by atoms with van der Waals surface area (Å²) in [6.07, 6.45) is 2.04. The summed E-state index contributed by atoms with van der Waals surface area (Å²) < 4.78 is 32.7. The molecule has 1 aromatic carbocycles. The minimum atomic E-state index is -3.37. The number of piperidine rings is 1. The molecule has 1 aromatic rings. The third-order valence-electron chi connectivity index (χ3n) is 3.38. The number of hydrogen-bond acceptors (Lipinski definition) is 3. The van der Waals surface area contributed by atoms with Gasteiger partial charge >= 0.3 is 0 Å². The minimum absolute atomic E-state index is 0.354. The Morgan fingerprint density at radius 1 is 1.42 bits per heavy atom. The monoisotopic (exact) mass is 395 g/mol. The lowest BCUT2D eigenvalue weighted by Crippen LogP contribution is -2.39. The Balaban J connectivity index is 2.31. The zero-order valence-corrected chi connectivity index (χ0v) is 14.1. The lowest BCUT2D eigenvalue weighted by molar-refractivity contribution is 0.281. The fourth-order valence-electron chi connectivity index (χ4n) is 2.32. The third-order valence-corrected chi connectivity index (χ3v) is 6.08. The van der Waals surface area contributed by atoms with Crippen LogP contribution in [0.25, 0.3) is 0 Å². The summed E-state index contributed by atoms with van der Waals surface area (Å²) in [7, 11) is -1.79. The van der Waals surface area contributed by atoms with Crippen LogP contribution in [0.3, 0.4) is 0 Å². The molecule has 1 fully saturated rings. The van der Waals surface area contributed by atoms with Crippen LogP contribution in [0.5, 0.6) is 5.75 Å². The van der Waals surface area contributed by atoms with Crippen molar-refractivity contribution in [2.45, 2.75) is 24.7 Å². The van der Waals surface area contributed by atoms with Crippen molar-refractivity contribution in [1.82, 2.24) is 4.31 Å². The van der Waals surface area contributed by atoms with Crippen molar-refractivity contribution in [2.24, 2.45) is 5.92 Å². The number of methoxy groups -OCH3 is 1. The number of rotatable bonds is 3. The smallest absolute Gasteiger partial charge is 0.243 e. The molecule has 0 aromatic heterocycles. The number of nitrogens with zero attached hydrogens (tertiary/aromatic N) is 1. The second-order valence-electron chi connectivity index (χ2n) is 4.91. The standard InChI is InChI=1S/C13H18INO3S/c1-10-4-3-7-15(9-10)19(16,17)11-5-6-13(18-2)12(14)8-11/h5-6,8,10H,3-4,7,9H2,1-2H3. The Kier molecular flexibility index (Phi) is 4.73. The van der Waals surface area contributed by atoms with Gasteiger partial charge in [-0.25, -0.2) is 8.42 Å². The van der Waals surface area contributed by atoms with E-state index < -0.39 is 10.0 Å². The molecule has 0 bridgehead atoms. The van der Waals surface area contributed by atoms with Gasteiger partial charge in [0.2, 0.25) is 10.0 Å². The molecule has 0 N–H and O–H groups in total. The van der Waals surface area contributed by atoms with Gasteiger partial charge in [-0.2, -0.15) is 4.31 Å². The van der Waals surface area contributed by atoms with Gasteiger partial charge in [-0.15, -0.1) is 0 Å². The van der Waals surface area contributed by atoms with Gasteiger partial charge < -0.3 is 4.74 Å². The van der Waals surface area contributed by atoms with Gasteiger partial charge in [0.25, 0.3) is 0 Å². The molecule has 1 atom stereocenters. The van der Waals surface area contributed by atoms with E-state index in [1.165, 1.54) is 0 Å². The van der Waals surface area contributed by atoms with Gasteiger partial charge in [-0.3, -0.25) is 0 Å². The highest BCUT2D eigenvalue weighted by atomic mass is 127. The first kappa shape index (κ1) is 15.1. The second kappa shape index (κ2) is 5.97. The third kappa shape index (κ3) is 3.22. The summed E-state index contributed by atoms with van der Waals surface area (Å²) in [5, 5.41) is 0. The van der Waals surface area contributed by atoms with E-state index in [0.717, 1.165) is 16.4 Å². The fourth-order valence-corrected chi connectivity index (χ4v) is 4.89. The first-order chi connectivity index (χ1) is 8.95. The molecule has 1 aliphatic rings. The topological polar surface area (TPSA) is 46.6 Å². The highest BCUT2D eigenvalue weighted by Crippen LogP contribution is 2.28. The molecule has 0 radical (unpaired) electrons. The molecule has 1 saturated heterocycles. The van der Waals surface area contributed by atoms with Crippen LogP contribution in [0.15, 0.2) is 23.1 Å². The van der Waals surface area contributed by atoms with Gasteiger partial charge in [0, 0.05) is 13.1 Å². The van der Waals surface area contributed by atoms with Crippen LogP contribution in [0.4, 0.5) is 0 Å². The normalized spacial score (nSPS) is 21.3. The van der Waals surface area contributed by atoms with E-state index >= 15 is 0 Å². The summed E-state index contributed by atoms with van der Waals surface area (Å²) in [6, 6.07) is 5.01. The molecule has 106 valence electrons. The molecule has 1 heterocycles. The van der Waals surface area contributed by atoms with E-state index in [0.29, 0.717) is 29.7 Å². The molecule has 0 spiro atoms. The number of ether oxygens (including phenoxy) is 1. The molecule has 1 aliphatic heterocycles. The zero-order valence-electron chi connectivity index (χ0n) is 11.1. The van der Waals surface area contributed by atoms with Crippen molar-refractivity contribution >= 4 is 32.6 Å². The first-order valence-electron chi connectivity index (χ1n) is 6.29. The first-order valence-corrected chi connectivity index (χ1v) is 8.80. The maximum Gasteiger partial charge on any atom is 0.243 e. The van der Waals surface area contributed by atoms with Crippen molar-refractivity contribution in [1.29, 1.82) is 0 Å². The van der Waals surface area contributed by atoms with E-state index in [1.54, 1.807) is 29.6 Å². The van der Waals surface area contributed by atoms with Gasteiger partial charge in [-0.1, -0.05) is 6.92 Å². The van der Waals surface area contributed by atoms with E-state index in [4.69, 9.17) is 4.74 Å². The van der Waals surface area contributed by atoms with Crippen molar-refractivity contribution in [2.75, 3.05) is 20.2 Å². The molecular weight excluding hydrogens is 377 g/mol. The van der Waals surface area contributed by atoms with E-state index in [9.17, 15) is 8.42 Å². The lowest BCUT2D eigenvalue weighted by atomic mass is 10.0. The van der Waals surface area contributed by atoms with Gasteiger partial charge in [0.05, 0.1) is 15.6 Å². The summed E-state index contributed by atoms with van der Waals surface area (Å²) in [4.78, 5) is 0.354.